The molecule has 1 atom stereocenters. The van der Waals surface area contributed by atoms with Crippen molar-refractivity contribution < 1.29 is 14.3 Å². The normalized spacial score (nSPS) is 16.7. The van der Waals surface area contributed by atoms with Crippen molar-refractivity contribution in [3.8, 4) is 0 Å². The van der Waals surface area contributed by atoms with Crippen LogP contribution in [0.15, 0.2) is 42.5 Å². The Kier molecular flexibility index (Phi) is 4.81. The number of aryl methyl sites for hydroxylation is 1. The Balaban J connectivity index is 1.52. The van der Waals surface area contributed by atoms with Crippen LogP contribution < -0.4 is 10.6 Å². The van der Waals surface area contributed by atoms with Crippen molar-refractivity contribution in [1.82, 2.24) is 9.88 Å². The molecule has 27 heavy (non-hydrogen) atoms. The molecular formula is C21H23N3O3. The Morgan fingerprint density at radius 1 is 1.11 bits per heavy atom. The predicted octanol–water partition coefficient (Wildman–Crippen LogP) is 3.05. The fraction of sp³-hybridized carbons (Fsp3) is 0.333. The fourth-order valence-corrected chi connectivity index (χ4v) is 3.75. The summed E-state index contributed by atoms with van der Waals surface area (Å²) in [5.74, 6) is -1.30. The van der Waals surface area contributed by atoms with Crippen LogP contribution in [0.1, 0.15) is 19.8 Å². The van der Waals surface area contributed by atoms with E-state index in [4.69, 9.17) is 4.74 Å². The van der Waals surface area contributed by atoms with Crippen LogP contribution >= 0.6 is 0 Å². The maximum Gasteiger partial charge on any atom is 0.313 e. The van der Waals surface area contributed by atoms with Gasteiger partial charge in [0.15, 0.2) is 0 Å². The molecule has 2 aromatic carbocycles. The standard InChI is InChI=1S/C21H23N3O3/c1-2-24-18-8-4-3-7-16(18)17-12-14(9-10-19(17)24)23-21(26)20(25)22-13-15-6-5-11-27-15/h3-4,7-10,12,15H,2,5-6,11,13H2,1H3,(H,22,25)(H,23,26)/t15-/m0/s1. The first-order valence-corrected chi connectivity index (χ1v) is 9.39. The average Bonchev–Trinajstić information content (AvgIpc) is 3.31. The number of carbonyl (C=O) groups excluding carboxylic acids is 2. The van der Waals surface area contributed by atoms with Crippen LogP contribution in [0.25, 0.3) is 21.8 Å². The number of aromatic nitrogens is 1. The van der Waals surface area contributed by atoms with Gasteiger partial charge in [0.25, 0.3) is 0 Å². The molecule has 1 aliphatic heterocycles. The number of benzene rings is 2. The number of carbonyl (C=O) groups is 2. The number of para-hydroxylation sites is 1. The summed E-state index contributed by atoms with van der Waals surface area (Å²) in [7, 11) is 0. The van der Waals surface area contributed by atoms with E-state index in [0.29, 0.717) is 12.2 Å². The number of anilines is 1. The van der Waals surface area contributed by atoms with Gasteiger partial charge in [-0.2, -0.15) is 0 Å². The third-order valence-electron chi connectivity index (χ3n) is 5.07. The lowest BCUT2D eigenvalue weighted by Crippen LogP contribution is -2.39. The van der Waals surface area contributed by atoms with Crippen LogP contribution in [0, 0.1) is 0 Å². The predicted molar refractivity (Wildman–Crippen MR) is 106 cm³/mol. The molecule has 1 aromatic heterocycles. The van der Waals surface area contributed by atoms with Gasteiger partial charge in [-0.15, -0.1) is 0 Å². The van der Waals surface area contributed by atoms with Crippen LogP contribution in [0.2, 0.25) is 0 Å². The van der Waals surface area contributed by atoms with Crippen LogP contribution in [-0.4, -0.2) is 35.6 Å². The van der Waals surface area contributed by atoms with Crippen LogP contribution in [-0.2, 0) is 20.9 Å². The lowest BCUT2D eigenvalue weighted by molar-refractivity contribution is -0.136. The van der Waals surface area contributed by atoms with E-state index in [1.165, 1.54) is 0 Å². The topological polar surface area (TPSA) is 72.4 Å². The zero-order valence-corrected chi connectivity index (χ0v) is 15.3. The molecule has 2 N–H and O–H groups in total. The maximum atomic E-state index is 12.2. The number of hydrogen-bond donors (Lipinski definition) is 2. The number of rotatable bonds is 4. The third kappa shape index (κ3) is 3.40. The summed E-state index contributed by atoms with van der Waals surface area (Å²) in [6, 6.07) is 13.9. The molecule has 0 spiro atoms. The van der Waals surface area contributed by atoms with Gasteiger partial charge in [0, 0.05) is 47.2 Å². The minimum atomic E-state index is -0.661. The number of amides is 2. The van der Waals surface area contributed by atoms with Gasteiger partial charge in [-0.1, -0.05) is 18.2 Å². The number of nitrogens with zero attached hydrogens (tertiary/aromatic N) is 1. The van der Waals surface area contributed by atoms with Gasteiger partial charge in [0.2, 0.25) is 0 Å². The van der Waals surface area contributed by atoms with Crippen molar-refractivity contribution in [1.29, 1.82) is 0 Å². The lowest BCUT2D eigenvalue weighted by Gasteiger charge is -2.11. The monoisotopic (exact) mass is 365 g/mol. The smallest absolute Gasteiger partial charge is 0.313 e. The Morgan fingerprint density at radius 3 is 2.70 bits per heavy atom. The van der Waals surface area contributed by atoms with Crippen molar-refractivity contribution >= 4 is 39.3 Å². The Bertz CT molecular complexity index is 1000. The first-order valence-electron chi connectivity index (χ1n) is 9.39. The van der Waals surface area contributed by atoms with E-state index in [2.05, 4.69) is 34.3 Å². The quantitative estimate of drug-likeness (QED) is 0.698. The van der Waals surface area contributed by atoms with Crippen molar-refractivity contribution in [3.05, 3.63) is 42.5 Å². The molecule has 1 aliphatic rings. The highest BCUT2D eigenvalue weighted by molar-refractivity contribution is 6.39. The van der Waals surface area contributed by atoms with Gasteiger partial charge >= 0.3 is 11.8 Å². The second kappa shape index (κ2) is 7.40. The summed E-state index contributed by atoms with van der Waals surface area (Å²) in [6.07, 6.45) is 1.93. The molecule has 6 heteroatoms. The fourth-order valence-electron chi connectivity index (χ4n) is 3.75. The summed E-state index contributed by atoms with van der Waals surface area (Å²) >= 11 is 0. The van der Waals surface area contributed by atoms with Gasteiger partial charge < -0.3 is 19.9 Å². The number of ether oxygens (including phenoxy) is 1. The molecule has 6 nitrogen and oxygen atoms in total. The first kappa shape index (κ1) is 17.5. The highest BCUT2D eigenvalue weighted by Gasteiger charge is 2.19. The minimum absolute atomic E-state index is 0.0123. The molecule has 0 bridgehead atoms. The largest absolute Gasteiger partial charge is 0.376 e. The third-order valence-corrected chi connectivity index (χ3v) is 5.07. The number of hydrogen-bond acceptors (Lipinski definition) is 3. The van der Waals surface area contributed by atoms with E-state index in [1.807, 2.05) is 30.3 Å². The molecule has 2 heterocycles. The van der Waals surface area contributed by atoms with Crippen molar-refractivity contribution in [2.75, 3.05) is 18.5 Å². The number of nitrogens with one attached hydrogen (secondary N) is 2. The van der Waals surface area contributed by atoms with E-state index in [-0.39, 0.29) is 6.10 Å². The summed E-state index contributed by atoms with van der Waals surface area (Å²) in [5.41, 5.74) is 2.88. The van der Waals surface area contributed by atoms with E-state index < -0.39 is 11.8 Å². The van der Waals surface area contributed by atoms with Gasteiger partial charge in [-0.3, -0.25) is 9.59 Å². The van der Waals surface area contributed by atoms with Crippen LogP contribution in [0.5, 0.6) is 0 Å². The second-order valence-corrected chi connectivity index (χ2v) is 6.79. The molecule has 0 unspecified atom stereocenters. The maximum absolute atomic E-state index is 12.2. The van der Waals surface area contributed by atoms with Gasteiger partial charge in [-0.05, 0) is 44.0 Å². The second-order valence-electron chi connectivity index (χ2n) is 6.79. The molecule has 2 amide bonds. The Hall–Kier alpha value is -2.86. The zero-order chi connectivity index (χ0) is 18.8. The lowest BCUT2D eigenvalue weighted by atomic mass is 10.1. The van der Waals surface area contributed by atoms with E-state index in [9.17, 15) is 9.59 Å². The number of fused-ring (bicyclic) bond motifs is 3. The van der Waals surface area contributed by atoms with Gasteiger partial charge in [0.05, 0.1) is 6.10 Å². The Morgan fingerprint density at radius 2 is 1.93 bits per heavy atom. The SMILES string of the molecule is CCn1c2ccccc2c2cc(NC(=O)C(=O)NC[C@@H]3CCCO3)ccc21. The molecule has 1 fully saturated rings. The van der Waals surface area contributed by atoms with Gasteiger partial charge in [0.1, 0.15) is 0 Å². The van der Waals surface area contributed by atoms with E-state index in [1.54, 1.807) is 0 Å². The van der Waals surface area contributed by atoms with Gasteiger partial charge in [-0.25, -0.2) is 0 Å². The molecule has 1 saturated heterocycles. The first-order chi connectivity index (χ1) is 13.2. The van der Waals surface area contributed by atoms with Crippen LogP contribution in [0.4, 0.5) is 5.69 Å². The zero-order valence-electron chi connectivity index (χ0n) is 15.3. The molecule has 0 aliphatic carbocycles. The minimum Gasteiger partial charge on any atom is -0.376 e. The van der Waals surface area contributed by atoms with Crippen molar-refractivity contribution in [3.63, 3.8) is 0 Å². The summed E-state index contributed by atoms with van der Waals surface area (Å²) in [6.45, 7) is 4.06. The average molecular weight is 365 g/mol. The molecule has 0 saturated carbocycles. The highest BCUT2D eigenvalue weighted by atomic mass is 16.5. The summed E-state index contributed by atoms with van der Waals surface area (Å²) in [4.78, 5) is 24.3. The van der Waals surface area contributed by atoms with Crippen LogP contribution in [0.3, 0.4) is 0 Å². The molecule has 3 aromatic rings. The molecule has 140 valence electrons. The van der Waals surface area contributed by atoms with Crippen molar-refractivity contribution in [2.24, 2.45) is 0 Å². The molecule has 0 radical (unpaired) electrons. The molecular weight excluding hydrogens is 342 g/mol. The van der Waals surface area contributed by atoms with E-state index in [0.717, 1.165) is 47.8 Å². The summed E-state index contributed by atoms with van der Waals surface area (Å²) in [5, 5.41) is 7.54. The molecule has 4 rings (SSSR count). The Labute approximate surface area is 157 Å². The highest BCUT2D eigenvalue weighted by Crippen LogP contribution is 2.30. The van der Waals surface area contributed by atoms with Crippen molar-refractivity contribution in [2.45, 2.75) is 32.4 Å². The van der Waals surface area contributed by atoms with E-state index >= 15 is 0 Å². The summed E-state index contributed by atoms with van der Waals surface area (Å²) < 4.78 is 7.70.